The standard InChI is InChI=1S/C15H23N5/c1-3-10-20-15(12-18-19-20)14(17-4-2)8-7-13-6-5-9-16-11-13/h5-6,9,11-12,14,17H,3-4,7-8,10H2,1-2H3. The number of hydrogen-bond acceptors (Lipinski definition) is 4. The Labute approximate surface area is 120 Å². The molecule has 0 radical (unpaired) electrons. The van der Waals surface area contributed by atoms with Crippen LogP contribution in [-0.4, -0.2) is 26.5 Å². The van der Waals surface area contributed by atoms with Crippen LogP contribution in [0.1, 0.15) is 44.0 Å². The Bertz CT molecular complexity index is 494. The molecule has 0 bridgehead atoms. The molecule has 1 atom stereocenters. The molecule has 0 aliphatic rings. The van der Waals surface area contributed by atoms with E-state index in [0.717, 1.165) is 32.4 Å². The Balaban J connectivity index is 2.04. The number of hydrogen-bond donors (Lipinski definition) is 1. The maximum absolute atomic E-state index is 4.18. The topological polar surface area (TPSA) is 55.6 Å². The summed E-state index contributed by atoms with van der Waals surface area (Å²) < 4.78 is 2.01. The van der Waals surface area contributed by atoms with Crippen molar-refractivity contribution in [3.05, 3.63) is 42.0 Å². The van der Waals surface area contributed by atoms with Crippen LogP contribution in [0.2, 0.25) is 0 Å². The van der Waals surface area contributed by atoms with Crippen molar-refractivity contribution in [2.75, 3.05) is 6.54 Å². The number of pyridine rings is 1. The molecule has 0 amide bonds. The van der Waals surface area contributed by atoms with Gasteiger partial charge in [0.2, 0.25) is 0 Å². The van der Waals surface area contributed by atoms with Crippen LogP contribution in [0.25, 0.3) is 0 Å². The first-order valence-electron chi connectivity index (χ1n) is 7.35. The normalized spacial score (nSPS) is 12.5. The Morgan fingerprint density at radius 3 is 2.90 bits per heavy atom. The third-order valence-corrected chi connectivity index (χ3v) is 3.34. The van der Waals surface area contributed by atoms with E-state index in [2.05, 4.69) is 40.5 Å². The molecule has 0 spiro atoms. The van der Waals surface area contributed by atoms with Crippen LogP contribution in [0.3, 0.4) is 0 Å². The molecule has 0 saturated heterocycles. The summed E-state index contributed by atoms with van der Waals surface area (Å²) in [6, 6.07) is 4.40. The molecule has 0 aliphatic carbocycles. The van der Waals surface area contributed by atoms with Gasteiger partial charge in [0.15, 0.2) is 0 Å². The molecular weight excluding hydrogens is 250 g/mol. The zero-order valence-corrected chi connectivity index (χ0v) is 12.3. The van der Waals surface area contributed by atoms with Gasteiger partial charge >= 0.3 is 0 Å². The number of aryl methyl sites for hydroxylation is 2. The molecule has 20 heavy (non-hydrogen) atoms. The van der Waals surface area contributed by atoms with Gasteiger partial charge in [-0.25, -0.2) is 4.68 Å². The average Bonchev–Trinajstić information content (AvgIpc) is 2.93. The second-order valence-corrected chi connectivity index (χ2v) is 4.89. The van der Waals surface area contributed by atoms with Crippen LogP contribution in [0, 0.1) is 0 Å². The van der Waals surface area contributed by atoms with Crippen LogP contribution < -0.4 is 5.32 Å². The maximum Gasteiger partial charge on any atom is 0.0756 e. The lowest BCUT2D eigenvalue weighted by molar-refractivity contribution is 0.455. The monoisotopic (exact) mass is 273 g/mol. The third kappa shape index (κ3) is 3.87. The minimum absolute atomic E-state index is 0.293. The summed E-state index contributed by atoms with van der Waals surface area (Å²) in [5, 5.41) is 11.8. The lowest BCUT2D eigenvalue weighted by Gasteiger charge is -2.18. The fourth-order valence-electron chi connectivity index (χ4n) is 2.38. The van der Waals surface area contributed by atoms with Crippen molar-refractivity contribution < 1.29 is 0 Å². The van der Waals surface area contributed by atoms with Gasteiger partial charge in [-0.2, -0.15) is 0 Å². The van der Waals surface area contributed by atoms with Gasteiger partial charge in [-0.15, -0.1) is 5.10 Å². The average molecular weight is 273 g/mol. The summed E-state index contributed by atoms with van der Waals surface area (Å²) in [5.74, 6) is 0. The number of rotatable bonds is 8. The van der Waals surface area contributed by atoms with Crippen molar-refractivity contribution in [3.63, 3.8) is 0 Å². The molecule has 2 rings (SSSR count). The lowest BCUT2D eigenvalue weighted by Crippen LogP contribution is -2.24. The first-order valence-corrected chi connectivity index (χ1v) is 7.35. The first kappa shape index (κ1) is 14.7. The fraction of sp³-hybridized carbons (Fsp3) is 0.533. The highest BCUT2D eigenvalue weighted by atomic mass is 15.4. The first-order chi connectivity index (χ1) is 9.85. The van der Waals surface area contributed by atoms with Gasteiger partial charge in [-0.05, 0) is 37.4 Å². The Morgan fingerprint density at radius 2 is 2.20 bits per heavy atom. The molecule has 1 unspecified atom stereocenters. The van der Waals surface area contributed by atoms with E-state index >= 15 is 0 Å². The Morgan fingerprint density at radius 1 is 1.30 bits per heavy atom. The van der Waals surface area contributed by atoms with Crippen molar-refractivity contribution in [2.45, 2.75) is 45.7 Å². The molecule has 2 aromatic rings. The predicted molar refractivity (Wildman–Crippen MR) is 79.3 cm³/mol. The maximum atomic E-state index is 4.18. The van der Waals surface area contributed by atoms with E-state index in [-0.39, 0.29) is 0 Å². The third-order valence-electron chi connectivity index (χ3n) is 3.34. The van der Waals surface area contributed by atoms with E-state index in [1.165, 1.54) is 11.3 Å². The Hall–Kier alpha value is -1.75. The predicted octanol–water partition coefficient (Wildman–Crippen LogP) is 2.37. The summed E-state index contributed by atoms with van der Waals surface area (Å²) in [7, 11) is 0. The molecule has 0 aromatic carbocycles. The van der Waals surface area contributed by atoms with Crippen molar-refractivity contribution in [3.8, 4) is 0 Å². The number of nitrogens with zero attached hydrogens (tertiary/aromatic N) is 4. The van der Waals surface area contributed by atoms with Crippen molar-refractivity contribution >= 4 is 0 Å². The zero-order chi connectivity index (χ0) is 14.2. The number of aromatic nitrogens is 4. The minimum Gasteiger partial charge on any atom is -0.309 e. The number of nitrogens with one attached hydrogen (secondary N) is 1. The lowest BCUT2D eigenvalue weighted by atomic mass is 10.0. The second kappa shape index (κ2) is 7.75. The molecule has 0 saturated carbocycles. The van der Waals surface area contributed by atoms with Crippen LogP contribution in [-0.2, 0) is 13.0 Å². The van der Waals surface area contributed by atoms with Gasteiger partial charge in [-0.1, -0.05) is 25.1 Å². The molecule has 2 aromatic heterocycles. The summed E-state index contributed by atoms with van der Waals surface area (Å²) in [5.41, 5.74) is 2.45. The molecule has 1 N–H and O–H groups in total. The van der Waals surface area contributed by atoms with E-state index in [1.807, 2.05) is 29.3 Å². The zero-order valence-electron chi connectivity index (χ0n) is 12.3. The van der Waals surface area contributed by atoms with Crippen LogP contribution in [0.5, 0.6) is 0 Å². The molecule has 2 heterocycles. The van der Waals surface area contributed by atoms with E-state index < -0.39 is 0 Å². The van der Waals surface area contributed by atoms with Gasteiger partial charge in [0.05, 0.1) is 17.9 Å². The smallest absolute Gasteiger partial charge is 0.0756 e. The van der Waals surface area contributed by atoms with Crippen LogP contribution >= 0.6 is 0 Å². The van der Waals surface area contributed by atoms with Gasteiger partial charge in [-0.3, -0.25) is 4.98 Å². The van der Waals surface area contributed by atoms with Crippen molar-refractivity contribution in [1.82, 2.24) is 25.3 Å². The van der Waals surface area contributed by atoms with Gasteiger partial charge in [0.1, 0.15) is 0 Å². The molecule has 5 nitrogen and oxygen atoms in total. The van der Waals surface area contributed by atoms with Crippen molar-refractivity contribution in [1.29, 1.82) is 0 Å². The van der Waals surface area contributed by atoms with E-state index in [9.17, 15) is 0 Å². The highest BCUT2D eigenvalue weighted by Gasteiger charge is 2.15. The summed E-state index contributed by atoms with van der Waals surface area (Å²) in [6.07, 6.45) is 8.72. The van der Waals surface area contributed by atoms with Gasteiger partial charge < -0.3 is 5.32 Å². The minimum atomic E-state index is 0.293. The SMILES string of the molecule is CCCn1nncc1C(CCc1cccnc1)NCC. The highest BCUT2D eigenvalue weighted by Crippen LogP contribution is 2.18. The molecule has 5 heteroatoms. The molecule has 0 fully saturated rings. The fourth-order valence-corrected chi connectivity index (χ4v) is 2.38. The summed E-state index contributed by atoms with van der Waals surface area (Å²) >= 11 is 0. The van der Waals surface area contributed by atoms with Crippen LogP contribution in [0.15, 0.2) is 30.7 Å². The quantitative estimate of drug-likeness (QED) is 0.802. The molecule has 0 aliphatic heterocycles. The largest absolute Gasteiger partial charge is 0.309 e. The highest BCUT2D eigenvalue weighted by molar-refractivity contribution is 5.10. The second-order valence-electron chi connectivity index (χ2n) is 4.89. The van der Waals surface area contributed by atoms with E-state index in [1.54, 1.807) is 0 Å². The van der Waals surface area contributed by atoms with Gasteiger partial charge in [0, 0.05) is 18.9 Å². The summed E-state index contributed by atoms with van der Waals surface area (Å²) in [6.45, 7) is 6.15. The molecule has 108 valence electrons. The summed E-state index contributed by atoms with van der Waals surface area (Å²) in [4.78, 5) is 4.17. The molecular formula is C15H23N5. The van der Waals surface area contributed by atoms with Gasteiger partial charge in [0.25, 0.3) is 0 Å². The van der Waals surface area contributed by atoms with E-state index in [4.69, 9.17) is 0 Å². The van der Waals surface area contributed by atoms with E-state index in [0.29, 0.717) is 6.04 Å². The Kier molecular flexibility index (Phi) is 5.68. The van der Waals surface area contributed by atoms with Crippen molar-refractivity contribution in [2.24, 2.45) is 0 Å². The van der Waals surface area contributed by atoms with Crippen LogP contribution in [0.4, 0.5) is 0 Å².